The number of H-pyrrole nitrogens is 1. The fraction of sp³-hybridized carbons (Fsp3) is 0.0625. The molecule has 0 aliphatic carbocycles. The second-order valence-electron chi connectivity index (χ2n) is 4.46. The highest BCUT2D eigenvalue weighted by molar-refractivity contribution is 6.09. The standard InChI is InChI=1S/C16H12N2O3/c1-21-13-9-5-2-6-10(13)15(19)14-16(20)18-12-8-4-3-7-11(12)17-14/h2-9H,1H3,(H,18,20). The zero-order valence-electron chi connectivity index (χ0n) is 11.3. The molecule has 1 aromatic heterocycles. The Morgan fingerprint density at radius 1 is 1.10 bits per heavy atom. The van der Waals surface area contributed by atoms with Crippen LogP contribution in [-0.2, 0) is 0 Å². The molecule has 2 aromatic carbocycles. The van der Waals surface area contributed by atoms with E-state index in [9.17, 15) is 9.59 Å². The zero-order chi connectivity index (χ0) is 14.8. The molecular weight excluding hydrogens is 268 g/mol. The Kier molecular flexibility index (Phi) is 3.23. The van der Waals surface area contributed by atoms with Crippen LogP contribution in [0.15, 0.2) is 53.3 Å². The van der Waals surface area contributed by atoms with Gasteiger partial charge in [-0.2, -0.15) is 0 Å². The minimum Gasteiger partial charge on any atom is -0.496 e. The predicted octanol–water partition coefficient (Wildman–Crippen LogP) is 2.16. The second-order valence-corrected chi connectivity index (χ2v) is 4.46. The van der Waals surface area contributed by atoms with Gasteiger partial charge in [0.25, 0.3) is 5.56 Å². The molecule has 0 spiro atoms. The van der Waals surface area contributed by atoms with Gasteiger partial charge < -0.3 is 9.72 Å². The molecule has 1 N–H and O–H groups in total. The van der Waals surface area contributed by atoms with Crippen molar-refractivity contribution >= 4 is 16.8 Å². The fourth-order valence-corrected chi connectivity index (χ4v) is 2.14. The number of hydrogen-bond donors (Lipinski definition) is 1. The van der Waals surface area contributed by atoms with Gasteiger partial charge in [-0.25, -0.2) is 4.98 Å². The maximum atomic E-state index is 12.5. The van der Waals surface area contributed by atoms with E-state index in [2.05, 4.69) is 9.97 Å². The molecule has 0 aliphatic heterocycles. The quantitative estimate of drug-likeness (QED) is 0.746. The van der Waals surface area contributed by atoms with Crippen molar-refractivity contribution in [1.29, 1.82) is 0 Å². The number of nitrogens with zero attached hydrogens (tertiary/aromatic N) is 1. The number of rotatable bonds is 3. The van der Waals surface area contributed by atoms with Crippen LogP contribution in [0, 0.1) is 0 Å². The summed E-state index contributed by atoms with van der Waals surface area (Å²) in [6, 6.07) is 13.8. The molecular formula is C16H12N2O3. The molecule has 0 amide bonds. The van der Waals surface area contributed by atoms with Gasteiger partial charge in [-0.3, -0.25) is 9.59 Å². The topological polar surface area (TPSA) is 72.0 Å². The number of fused-ring (bicyclic) bond motifs is 1. The molecule has 104 valence electrons. The van der Waals surface area contributed by atoms with E-state index in [4.69, 9.17) is 4.74 Å². The highest BCUT2D eigenvalue weighted by atomic mass is 16.5. The molecule has 3 aromatic rings. The molecule has 5 nitrogen and oxygen atoms in total. The molecule has 0 fully saturated rings. The van der Waals surface area contributed by atoms with Crippen LogP contribution < -0.4 is 10.3 Å². The molecule has 5 heteroatoms. The third-order valence-electron chi connectivity index (χ3n) is 3.17. The van der Waals surface area contributed by atoms with E-state index < -0.39 is 11.3 Å². The first-order chi connectivity index (χ1) is 10.2. The summed E-state index contributed by atoms with van der Waals surface area (Å²) in [6.45, 7) is 0. The summed E-state index contributed by atoms with van der Waals surface area (Å²) in [6.07, 6.45) is 0. The highest BCUT2D eigenvalue weighted by Crippen LogP contribution is 2.19. The third-order valence-corrected chi connectivity index (χ3v) is 3.17. The lowest BCUT2D eigenvalue weighted by Gasteiger charge is -2.06. The van der Waals surface area contributed by atoms with E-state index in [1.54, 1.807) is 48.5 Å². The number of ketones is 1. The van der Waals surface area contributed by atoms with Crippen molar-refractivity contribution < 1.29 is 9.53 Å². The molecule has 0 radical (unpaired) electrons. The second kappa shape index (κ2) is 5.20. The summed E-state index contributed by atoms with van der Waals surface area (Å²) in [5.41, 5.74) is 0.825. The van der Waals surface area contributed by atoms with Crippen molar-refractivity contribution in [3.63, 3.8) is 0 Å². The van der Waals surface area contributed by atoms with Crippen LogP contribution in [0.25, 0.3) is 11.0 Å². The monoisotopic (exact) mass is 280 g/mol. The maximum absolute atomic E-state index is 12.5. The van der Waals surface area contributed by atoms with Crippen molar-refractivity contribution in [2.75, 3.05) is 7.11 Å². The van der Waals surface area contributed by atoms with Crippen molar-refractivity contribution in [1.82, 2.24) is 9.97 Å². The molecule has 0 unspecified atom stereocenters. The van der Waals surface area contributed by atoms with Gasteiger partial charge in [-0.15, -0.1) is 0 Å². The van der Waals surface area contributed by atoms with Crippen LogP contribution in [-0.4, -0.2) is 22.9 Å². The summed E-state index contributed by atoms with van der Waals surface area (Å²) in [5.74, 6) is -0.0451. The number of ether oxygens (including phenoxy) is 1. The summed E-state index contributed by atoms with van der Waals surface area (Å²) >= 11 is 0. The summed E-state index contributed by atoms with van der Waals surface area (Å²) in [4.78, 5) is 31.4. The molecule has 0 saturated carbocycles. The van der Waals surface area contributed by atoms with Gasteiger partial charge in [-0.1, -0.05) is 24.3 Å². The largest absolute Gasteiger partial charge is 0.496 e. The lowest BCUT2D eigenvalue weighted by atomic mass is 10.1. The number of benzene rings is 2. The number of methoxy groups -OCH3 is 1. The van der Waals surface area contributed by atoms with E-state index in [-0.39, 0.29) is 5.69 Å². The Morgan fingerprint density at radius 3 is 2.62 bits per heavy atom. The average Bonchev–Trinajstić information content (AvgIpc) is 2.53. The number of nitrogens with one attached hydrogen (secondary N) is 1. The smallest absolute Gasteiger partial charge is 0.278 e. The van der Waals surface area contributed by atoms with Crippen LogP contribution in [0.2, 0.25) is 0 Å². The first-order valence-corrected chi connectivity index (χ1v) is 6.37. The minimum atomic E-state index is -0.510. The Hall–Kier alpha value is -2.95. The van der Waals surface area contributed by atoms with Gasteiger partial charge in [-0.05, 0) is 24.3 Å². The number of aromatic nitrogens is 2. The summed E-state index contributed by atoms with van der Waals surface area (Å²) in [7, 11) is 1.48. The van der Waals surface area contributed by atoms with Crippen LogP contribution in [0.1, 0.15) is 16.1 Å². The van der Waals surface area contributed by atoms with Crippen LogP contribution in [0.5, 0.6) is 5.75 Å². The molecule has 0 atom stereocenters. The van der Waals surface area contributed by atoms with Gasteiger partial charge in [0.2, 0.25) is 5.78 Å². The molecule has 21 heavy (non-hydrogen) atoms. The van der Waals surface area contributed by atoms with E-state index in [0.717, 1.165) is 0 Å². The Labute approximate surface area is 120 Å². The summed E-state index contributed by atoms with van der Waals surface area (Å²) < 4.78 is 5.15. The lowest BCUT2D eigenvalue weighted by molar-refractivity contribution is 0.103. The van der Waals surface area contributed by atoms with Gasteiger partial charge in [0, 0.05) is 0 Å². The molecule has 0 saturated heterocycles. The number of aromatic amines is 1. The zero-order valence-corrected chi connectivity index (χ0v) is 11.3. The van der Waals surface area contributed by atoms with Crippen molar-refractivity contribution in [3.8, 4) is 5.75 Å². The SMILES string of the molecule is COc1ccccc1C(=O)c1nc2ccccc2[nH]c1=O. The van der Waals surface area contributed by atoms with Crippen molar-refractivity contribution in [2.45, 2.75) is 0 Å². The van der Waals surface area contributed by atoms with Gasteiger partial charge >= 0.3 is 0 Å². The van der Waals surface area contributed by atoms with E-state index in [1.165, 1.54) is 7.11 Å². The summed E-state index contributed by atoms with van der Waals surface area (Å²) in [5, 5.41) is 0. The van der Waals surface area contributed by atoms with Crippen molar-refractivity contribution in [2.24, 2.45) is 0 Å². The van der Waals surface area contributed by atoms with Crippen LogP contribution in [0.4, 0.5) is 0 Å². The Balaban J connectivity index is 2.18. The van der Waals surface area contributed by atoms with Crippen LogP contribution >= 0.6 is 0 Å². The van der Waals surface area contributed by atoms with Gasteiger partial charge in [0.15, 0.2) is 5.69 Å². The van der Waals surface area contributed by atoms with E-state index in [1.807, 2.05) is 0 Å². The normalized spacial score (nSPS) is 10.5. The number of carbonyl (C=O) groups excluding carboxylic acids is 1. The lowest BCUT2D eigenvalue weighted by Crippen LogP contribution is -2.21. The third kappa shape index (κ3) is 2.29. The molecule has 0 aliphatic rings. The first-order valence-electron chi connectivity index (χ1n) is 6.37. The number of hydrogen-bond acceptors (Lipinski definition) is 4. The molecule has 1 heterocycles. The Morgan fingerprint density at radius 2 is 1.81 bits per heavy atom. The number of carbonyl (C=O) groups is 1. The fourth-order valence-electron chi connectivity index (χ4n) is 2.14. The molecule has 3 rings (SSSR count). The Bertz CT molecular complexity index is 884. The highest BCUT2D eigenvalue weighted by Gasteiger charge is 2.19. The first kappa shape index (κ1) is 13.1. The van der Waals surface area contributed by atoms with Gasteiger partial charge in [0.1, 0.15) is 5.75 Å². The molecule has 0 bridgehead atoms. The average molecular weight is 280 g/mol. The maximum Gasteiger partial charge on any atom is 0.278 e. The van der Waals surface area contributed by atoms with E-state index >= 15 is 0 Å². The van der Waals surface area contributed by atoms with Crippen molar-refractivity contribution in [3.05, 3.63) is 70.1 Å². The van der Waals surface area contributed by atoms with Gasteiger partial charge in [0.05, 0.1) is 23.7 Å². The number of para-hydroxylation sites is 3. The predicted molar refractivity (Wildman–Crippen MR) is 78.8 cm³/mol. The van der Waals surface area contributed by atoms with E-state index in [0.29, 0.717) is 22.3 Å². The minimum absolute atomic E-state index is 0.141. The van der Waals surface area contributed by atoms with Crippen LogP contribution in [0.3, 0.4) is 0 Å².